The van der Waals surface area contributed by atoms with Gasteiger partial charge in [-0.25, -0.2) is 9.37 Å². The number of hydrogen-bond acceptors (Lipinski definition) is 7. The molecular weight excluding hydrogens is 597 g/mol. The van der Waals surface area contributed by atoms with Crippen molar-refractivity contribution in [3.8, 4) is 22.8 Å². The van der Waals surface area contributed by atoms with Crippen molar-refractivity contribution in [3.63, 3.8) is 0 Å². The first-order valence-corrected chi connectivity index (χ1v) is 16.5. The highest BCUT2D eigenvalue weighted by atomic mass is 19.1. The molecule has 2 aromatic heterocycles. The van der Waals surface area contributed by atoms with Gasteiger partial charge in [0.2, 0.25) is 5.88 Å². The molecule has 10 nitrogen and oxygen atoms in total. The van der Waals surface area contributed by atoms with Crippen LogP contribution in [0, 0.1) is 12.7 Å². The maximum atomic E-state index is 14.3. The highest BCUT2D eigenvalue weighted by molar-refractivity contribution is 5.96. The summed E-state index contributed by atoms with van der Waals surface area (Å²) in [6.07, 6.45) is 5.97. The predicted molar refractivity (Wildman–Crippen MR) is 178 cm³/mol. The van der Waals surface area contributed by atoms with E-state index in [1.807, 2.05) is 25.1 Å². The molecule has 1 saturated heterocycles. The SMILES string of the molecule is Cc1cc(C(=O)N[C@H]2CC[C@@H](NC(=O)c3cc(F)cnc3Oc3cccc(-c4ccc(CCCN5CCNCC5)cc4)c3)CC2)n[nH]1. The maximum absolute atomic E-state index is 14.3. The average Bonchev–Trinajstić information content (AvgIpc) is 3.54. The second-order valence-electron chi connectivity index (χ2n) is 12.5. The van der Waals surface area contributed by atoms with Crippen LogP contribution < -0.4 is 20.7 Å². The number of aromatic amines is 1. The molecule has 1 aliphatic heterocycles. The Kier molecular flexibility index (Phi) is 10.5. The molecule has 1 saturated carbocycles. The van der Waals surface area contributed by atoms with Gasteiger partial charge in [-0.05, 0) is 92.9 Å². The summed E-state index contributed by atoms with van der Waals surface area (Å²) in [5, 5.41) is 16.2. The van der Waals surface area contributed by atoms with E-state index in [-0.39, 0.29) is 29.4 Å². The van der Waals surface area contributed by atoms with E-state index < -0.39 is 11.7 Å². The van der Waals surface area contributed by atoms with Gasteiger partial charge >= 0.3 is 0 Å². The summed E-state index contributed by atoms with van der Waals surface area (Å²) in [6, 6.07) is 18.9. The molecule has 2 aliphatic rings. The Labute approximate surface area is 274 Å². The van der Waals surface area contributed by atoms with Gasteiger partial charge in [0.25, 0.3) is 11.8 Å². The van der Waals surface area contributed by atoms with Gasteiger partial charge in [0.1, 0.15) is 22.8 Å². The zero-order valence-corrected chi connectivity index (χ0v) is 26.7. The Hall–Kier alpha value is -4.61. The minimum atomic E-state index is -0.621. The van der Waals surface area contributed by atoms with E-state index in [1.54, 1.807) is 12.1 Å². The molecule has 0 radical (unpaired) electrons. The van der Waals surface area contributed by atoms with Crippen molar-refractivity contribution >= 4 is 11.8 Å². The Balaban J connectivity index is 1.03. The van der Waals surface area contributed by atoms with Crippen molar-refractivity contribution in [2.45, 2.75) is 57.5 Å². The minimum absolute atomic E-state index is 0.00623. The fourth-order valence-corrected chi connectivity index (χ4v) is 6.27. The number of nitrogens with one attached hydrogen (secondary N) is 4. The van der Waals surface area contributed by atoms with Crippen LogP contribution >= 0.6 is 0 Å². The van der Waals surface area contributed by atoms with Crippen LogP contribution in [0.5, 0.6) is 11.6 Å². The number of H-pyrrole nitrogens is 1. The number of hydrogen-bond donors (Lipinski definition) is 4. The van der Waals surface area contributed by atoms with E-state index >= 15 is 0 Å². The molecule has 47 heavy (non-hydrogen) atoms. The Morgan fingerprint density at radius 1 is 0.936 bits per heavy atom. The molecule has 2 aromatic carbocycles. The fraction of sp³-hybridized carbons (Fsp3) is 0.389. The van der Waals surface area contributed by atoms with Crippen LogP contribution in [0.4, 0.5) is 4.39 Å². The minimum Gasteiger partial charge on any atom is -0.438 e. The lowest BCUT2D eigenvalue weighted by Crippen LogP contribution is -2.44. The summed E-state index contributed by atoms with van der Waals surface area (Å²) in [4.78, 5) is 32.4. The van der Waals surface area contributed by atoms with Crippen LogP contribution in [0.15, 0.2) is 66.9 Å². The van der Waals surface area contributed by atoms with Crippen LogP contribution in [0.1, 0.15) is 64.2 Å². The molecule has 6 rings (SSSR count). The Morgan fingerprint density at radius 2 is 1.66 bits per heavy atom. The number of rotatable bonds is 11. The third kappa shape index (κ3) is 8.81. The van der Waals surface area contributed by atoms with Gasteiger partial charge in [0, 0.05) is 44.0 Å². The lowest BCUT2D eigenvalue weighted by molar-refractivity contribution is 0.0887. The summed E-state index contributed by atoms with van der Waals surface area (Å²) in [5.74, 6) is -0.748. The number of halogens is 1. The Morgan fingerprint density at radius 3 is 2.36 bits per heavy atom. The van der Waals surface area contributed by atoms with Crippen LogP contribution in [-0.4, -0.2) is 76.7 Å². The molecule has 0 unspecified atom stereocenters. The number of aryl methyl sites for hydroxylation is 2. The summed E-state index contributed by atoms with van der Waals surface area (Å²) >= 11 is 0. The average molecular weight is 640 g/mol. The number of aromatic nitrogens is 3. The number of amides is 2. The van der Waals surface area contributed by atoms with E-state index in [0.29, 0.717) is 37.1 Å². The highest BCUT2D eigenvalue weighted by Crippen LogP contribution is 2.29. The third-order valence-electron chi connectivity index (χ3n) is 8.88. The quantitative estimate of drug-likeness (QED) is 0.182. The molecule has 0 bridgehead atoms. The zero-order chi connectivity index (χ0) is 32.6. The molecule has 0 atom stereocenters. The van der Waals surface area contributed by atoms with Crippen molar-refractivity contribution in [3.05, 3.63) is 95.2 Å². The standard InChI is InChI=1S/C36H42FN7O3/c1-24-20-33(43-42-24)35(46)41-30-13-11-29(12-14-30)40-34(45)32-22-28(37)23-39-36(32)47-31-6-2-5-27(21-31)26-9-7-25(8-10-26)4-3-17-44-18-15-38-16-19-44/h2,5-10,20-23,29-30,38H,3-4,11-19H2,1H3,(H,40,45)(H,41,46)(H,42,43)/t29-,30+. The number of benzene rings is 2. The normalized spacial score (nSPS) is 18.4. The molecule has 246 valence electrons. The smallest absolute Gasteiger partial charge is 0.271 e. The molecule has 4 N–H and O–H groups in total. The summed E-state index contributed by atoms with van der Waals surface area (Å²) in [5.41, 5.74) is 4.54. The molecule has 4 aromatic rings. The van der Waals surface area contributed by atoms with Gasteiger partial charge in [-0.3, -0.25) is 14.7 Å². The maximum Gasteiger partial charge on any atom is 0.271 e. The van der Waals surface area contributed by atoms with Gasteiger partial charge in [-0.1, -0.05) is 36.4 Å². The van der Waals surface area contributed by atoms with E-state index in [0.717, 1.165) is 74.6 Å². The lowest BCUT2D eigenvalue weighted by atomic mass is 9.91. The third-order valence-corrected chi connectivity index (χ3v) is 8.88. The molecule has 2 amide bonds. The summed E-state index contributed by atoms with van der Waals surface area (Å²) in [6.45, 7) is 7.34. The number of pyridine rings is 1. The summed E-state index contributed by atoms with van der Waals surface area (Å²) < 4.78 is 20.4. The first-order chi connectivity index (χ1) is 22.9. The Bertz CT molecular complexity index is 1660. The van der Waals surface area contributed by atoms with Gasteiger partial charge in [-0.15, -0.1) is 0 Å². The number of ether oxygens (including phenoxy) is 1. The van der Waals surface area contributed by atoms with Crippen molar-refractivity contribution in [1.29, 1.82) is 0 Å². The van der Waals surface area contributed by atoms with Crippen LogP contribution in [0.25, 0.3) is 11.1 Å². The first-order valence-electron chi connectivity index (χ1n) is 16.5. The molecule has 1 aliphatic carbocycles. The van der Waals surface area contributed by atoms with Gasteiger partial charge in [0.05, 0.1) is 6.20 Å². The molecular formula is C36H42FN7O3. The van der Waals surface area contributed by atoms with E-state index in [2.05, 4.69) is 60.3 Å². The van der Waals surface area contributed by atoms with Gasteiger partial charge in [0.15, 0.2) is 0 Å². The second-order valence-corrected chi connectivity index (χ2v) is 12.5. The van der Waals surface area contributed by atoms with Crippen molar-refractivity contribution < 1.29 is 18.7 Å². The molecule has 2 fully saturated rings. The van der Waals surface area contributed by atoms with Crippen LogP contribution in [0.2, 0.25) is 0 Å². The number of carbonyl (C=O) groups is 2. The fourth-order valence-electron chi connectivity index (χ4n) is 6.27. The number of carbonyl (C=O) groups excluding carboxylic acids is 2. The lowest BCUT2D eigenvalue weighted by Gasteiger charge is -2.29. The van der Waals surface area contributed by atoms with Crippen molar-refractivity contribution in [1.82, 2.24) is 36.0 Å². The first kappa shape index (κ1) is 32.3. The molecule has 0 spiro atoms. The van der Waals surface area contributed by atoms with Crippen molar-refractivity contribution in [2.75, 3.05) is 32.7 Å². The predicted octanol–water partition coefficient (Wildman–Crippen LogP) is 5.02. The van der Waals surface area contributed by atoms with Crippen LogP contribution in [0.3, 0.4) is 0 Å². The number of piperazine rings is 1. The van der Waals surface area contributed by atoms with Crippen molar-refractivity contribution in [2.24, 2.45) is 0 Å². The topological polar surface area (TPSA) is 124 Å². The van der Waals surface area contributed by atoms with E-state index in [9.17, 15) is 14.0 Å². The van der Waals surface area contributed by atoms with Gasteiger partial charge in [-0.2, -0.15) is 5.10 Å². The van der Waals surface area contributed by atoms with Crippen LogP contribution in [-0.2, 0) is 6.42 Å². The second kappa shape index (κ2) is 15.3. The largest absolute Gasteiger partial charge is 0.438 e. The number of nitrogens with zero attached hydrogens (tertiary/aromatic N) is 3. The highest BCUT2D eigenvalue weighted by Gasteiger charge is 2.26. The summed E-state index contributed by atoms with van der Waals surface area (Å²) in [7, 11) is 0. The van der Waals surface area contributed by atoms with Gasteiger partial charge < -0.3 is 25.6 Å². The zero-order valence-electron chi connectivity index (χ0n) is 26.7. The monoisotopic (exact) mass is 639 g/mol. The molecule has 3 heterocycles. The van der Waals surface area contributed by atoms with E-state index in [4.69, 9.17) is 4.74 Å². The molecule has 11 heteroatoms. The van der Waals surface area contributed by atoms with E-state index in [1.165, 1.54) is 5.56 Å².